The van der Waals surface area contributed by atoms with Crippen LogP contribution in [0.2, 0.25) is 0 Å². The number of imidazole rings is 1. The minimum Gasteiger partial charge on any atom is -0.309 e. The fourth-order valence-corrected chi connectivity index (χ4v) is 2.77. The van der Waals surface area contributed by atoms with Crippen LogP contribution < -0.4 is 5.69 Å². The third-order valence-electron chi connectivity index (χ3n) is 3.06. The Morgan fingerprint density at radius 3 is 2.79 bits per heavy atom. The molecule has 2 aromatic heterocycles. The fraction of sp³-hybridized carbons (Fsp3) is 0.429. The van der Waals surface area contributed by atoms with E-state index >= 15 is 0 Å². The monoisotopic (exact) mass is 278 g/mol. The number of carbonyl (C=O) groups excluding carboxylic acids is 1. The number of carbonyl (C=O) groups is 1. The number of ketones is 1. The minimum absolute atomic E-state index is 0.0114. The second-order valence-corrected chi connectivity index (χ2v) is 5.71. The van der Waals surface area contributed by atoms with Gasteiger partial charge < -0.3 is 9.97 Å². The van der Waals surface area contributed by atoms with Crippen molar-refractivity contribution in [3.8, 4) is 0 Å². The van der Waals surface area contributed by atoms with Crippen LogP contribution in [0.15, 0.2) is 21.6 Å². The van der Waals surface area contributed by atoms with Crippen molar-refractivity contribution in [3.63, 3.8) is 0 Å². The van der Waals surface area contributed by atoms with E-state index in [9.17, 15) is 9.59 Å². The molecular weight excluding hydrogens is 260 g/mol. The van der Waals surface area contributed by atoms with Crippen LogP contribution in [0.5, 0.6) is 0 Å². The molecule has 0 bridgehead atoms. The highest BCUT2D eigenvalue weighted by Gasteiger charge is 2.17. The van der Waals surface area contributed by atoms with E-state index in [1.807, 2.05) is 19.2 Å². The lowest BCUT2D eigenvalue weighted by molar-refractivity contribution is 0.0974. The third kappa shape index (κ3) is 3.44. The molecule has 102 valence electrons. The largest absolute Gasteiger partial charge is 0.323 e. The summed E-state index contributed by atoms with van der Waals surface area (Å²) in [7, 11) is 0. The maximum Gasteiger partial charge on any atom is 0.323 e. The van der Waals surface area contributed by atoms with Gasteiger partial charge >= 0.3 is 5.69 Å². The predicted octanol–water partition coefficient (Wildman–Crippen LogP) is 3.09. The van der Waals surface area contributed by atoms with Gasteiger partial charge in [-0.2, -0.15) is 11.3 Å². The van der Waals surface area contributed by atoms with Crippen molar-refractivity contribution < 1.29 is 4.79 Å². The summed E-state index contributed by atoms with van der Waals surface area (Å²) in [6.07, 6.45) is 2.17. The zero-order chi connectivity index (χ0) is 13.8. The maximum absolute atomic E-state index is 12.1. The number of hydrogen-bond acceptors (Lipinski definition) is 3. The molecule has 0 saturated heterocycles. The van der Waals surface area contributed by atoms with Gasteiger partial charge in [-0.3, -0.25) is 4.79 Å². The summed E-state index contributed by atoms with van der Waals surface area (Å²) in [6.45, 7) is 3.92. The van der Waals surface area contributed by atoms with Crippen LogP contribution in [0.3, 0.4) is 0 Å². The van der Waals surface area contributed by atoms with E-state index in [1.54, 1.807) is 11.3 Å². The summed E-state index contributed by atoms with van der Waals surface area (Å²) in [5.74, 6) is 0.145. The van der Waals surface area contributed by atoms with E-state index < -0.39 is 0 Å². The zero-order valence-electron chi connectivity index (χ0n) is 11.2. The van der Waals surface area contributed by atoms with Gasteiger partial charge in [0.1, 0.15) is 5.69 Å². The molecule has 2 rings (SSSR count). The van der Waals surface area contributed by atoms with Gasteiger partial charge in [0.15, 0.2) is 5.78 Å². The van der Waals surface area contributed by atoms with Crippen molar-refractivity contribution in [1.29, 1.82) is 0 Å². The van der Waals surface area contributed by atoms with Crippen molar-refractivity contribution in [1.82, 2.24) is 9.97 Å². The number of aromatic nitrogens is 2. The molecule has 0 unspecified atom stereocenters. The van der Waals surface area contributed by atoms with E-state index in [4.69, 9.17) is 0 Å². The number of aromatic amines is 2. The molecule has 0 amide bonds. The first-order valence-corrected chi connectivity index (χ1v) is 7.38. The Kier molecular flexibility index (Phi) is 4.37. The Bertz CT molecular complexity index is 593. The molecule has 0 aliphatic heterocycles. The van der Waals surface area contributed by atoms with E-state index in [0.29, 0.717) is 17.8 Å². The van der Waals surface area contributed by atoms with Gasteiger partial charge in [0.25, 0.3) is 0 Å². The van der Waals surface area contributed by atoms with Crippen molar-refractivity contribution in [2.75, 3.05) is 0 Å². The second-order valence-electron chi connectivity index (χ2n) is 4.93. The van der Waals surface area contributed by atoms with Gasteiger partial charge in [0, 0.05) is 12.1 Å². The van der Waals surface area contributed by atoms with E-state index in [-0.39, 0.29) is 17.4 Å². The maximum atomic E-state index is 12.1. The lowest BCUT2D eigenvalue weighted by Crippen LogP contribution is -2.06. The summed E-state index contributed by atoms with van der Waals surface area (Å²) in [5, 5.41) is 4.14. The number of aryl methyl sites for hydroxylation is 1. The minimum atomic E-state index is -0.301. The first-order chi connectivity index (χ1) is 9.08. The topological polar surface area (TPSA) is 65.7 Å². The SMILES string of the molecule is CC(C)c1[nH]c(=O)[nH]c1C(=O)CCCc1ccsc1. The molecule has 0 aromatic carbocycles. The smallest absolute Gasteiger partial charge is 0.309 e. The molecule has 2 heterocycles. The summed E-state index contributed by atoms with van der Waals surface area (Å²) >= 11 is 1.67. The normalized spacial score (nSPS) is 11.1. The Hall–Kier alpha value is -1.62. The van der Waals surface area contributed by atoms with Crippen molar-refractivity contribution in [2.24, 2.45) is 0 Å². The quantitative estimate of drug-likeness (QED) is 0.797. The number of H-pyrrole nitrogens is 2. The standard InChI is InChI=1S/C14H18N2O2S/c1-9(2)12-13(16-14(18)15-12)11(17)5-3-4-10-6-7-19-8-10/h6-9H,3-5H2,1-2H3,(H2,15,16,18). The van der Waals surface area contributed by atoms with E-state index in [1.165, 1.54) is 5.56 Å². The Morgan fingerprint density at radius 2 is 2.16 bits per heavy atom. The number of rotatable bonds is 6. The summed E-state index contributed by atoms with van der Waals surface area (Å²) in [4.78, 5) is 28.8. The molecule has 0 radical (unpaired) electrons. The van der Waals surface area contributed by atoms with Crippen LogP contribution in [-0.2, 0) is 6.42 Å². The van der Waals surface area contributed by atoms with Gasteiger partial charge in [0.05, 0.1) is 0 Å². The molecule has 0 fully saturated rings. The molecular formula is C14H18N2O2S. The molecule has 0 atom stereocenters. The molecule has 0 saturated carbocycles. The van der Waals surface area contributed by atoms with E-state index in [2.05, 4.69) is 21.4 Å². The van der Waals surface area contributed by atoms with Gasteiger partial charge in [-0.1, -0.05) is 13.8 Å². The van der Waals surface area contributed by atoms with Crippen LogP contribution >= 0.6 is 11.3 Å². The average molecular weight is 278 g/mol. The van der Waals surface area contributed by atoms with E-state index in [0.717, 1.165) is 12.8 Å². The van der Waals surface area contributed by atoms with Gasteiger partial charge in [-0.15, -0.1) is 0 Å². The van der Waals surface area contributed by atoms with Crippen LogP contribution in [0, 0.1) is 0 Å². The Balaban J connectivity index is 1.98. The molecule has 5 heteroatoms. The zero-order valence-corrected chi connectivity index (χ0v) is 12.0. The summed E-state index contributed by atoms with van der Waals surface area (Å²) in [5.41, 5.74) is 2.13. The van der Waals surface area contributed by atoms with Crippen LogP contribution in [0.25, 0.3) is 0 Å². The molecule has 0 spiro atoms. The predicted molar refractivity (Wildman–Crippen MR) is 77.1 cm³/mol. The molecule has 2 N–H and O–H groups in total. The van der Waals surface area contributed by atoms with Crippen molar-refractivity contribution in [2.45, 2.75) is 39.0 Å². The number of nitrogens with one attached hydrogen (secondary N) is 2. The lowest BCUT2D eigenvalue weighted by atomic mass is 10.0. The summed E-state index contributed by atoms with van der Waals surface area (Å²) in [6, 6.07) is 2.08. The molecule has 19 heavy (non-hydrogen) atoms. The fourth-order valence-electron chi connectivity index (χ4n) is 2.06. The number of Topliss-reactive ketones (excluding diaryl/α,β-unsaturated/α-hetero) is 1. The van der Waals surface area contributed by atoms with Crippen LogP contribution in [0.1, 0.15) is 54.4 Å². The molecule has 4 nitrogen and oxygen atoms in total. The highest BCUT2D eigenvalue weighted by Crippen LogP contribution is 2.17. The third-order valence-corrected chi connectivity index (χ3v) is 3.79. The second kappa shape index (κ2) is 6.02. The first-order valence-electron chi connectivity index (χ1n) is 6.44. The van der Waals surface area contributed by atoms with Crippen molar-refractivity contribution >= 4 is 17.1 Å². The lowest BCUT2D eigenvalue weighted by Gasteiger charge is -2.05. The van der Waals surface area contributed by atoms with Gasteiger partial charge in [0.2, 0.25) is 0 Å². The average Bonchev–Trinajstić information content (AvgIpc) is 2.98. The Labute approximate surface area is 115 Å². The summed E-state index contributed by atoms with van der Waals surface area (Å²) < 4.78 is 0. The Morgan fingerprint density at radius 1 is 1.37 bits per heavy atom. The molecule has 0 aliphatic rings. The van der Waals surface area contributed by atoms with Gasteiger partial charge in [-0.25, -0.2) is 4.79 Å². The molecule has 2 aromatic rings. The number of thiophene rings is 1. The number of hydrogen-bond donors (Lipinski definition) is 2. The highest BCUT2D eigenvalue weighted by molar-refractivity contribution is 7.07. The van der Waals surface area contributed by atoms with Gasteiger partial charge in [-0.05, 0) is 41.1 Å². The highest BCUT2D eigenvalue weighted by atomic mass is 32.1. The molecule has 0 aliphatic carbocycles. The van der Waals surface area contributed by atoms with Crippen LogP contribution in [0.4, 0.5) is 0 Å². The van der Waals surface area contributed by atoms with Crippen LogP contribution in [-0.4, -0.2) is 15.8 Å². The van der Waals surface area contributed by atoms with Crippen molar-refractivity contribution in [3.05, 3.63) is 44.3 Å². The first kappa shape index (κ1) is 13.8.